The average Bonchev–Trinajstić information content (AvgIpc) is 3.48. The lowest BCUT2D eigenvalue weighted by Crippen LogP contribution is -2.30. The van der Waals surface area contributed by atoms with E-state index in [0.717, 1.165) is 17.5 Å². The van der Waals surface area contributed by atoms with Gasteiger partial charge in [0.2, 0.25) is 11.8 Å². The van der Waals surface area contributed by atoms with E-state index in [0.29, 0.717) is 19.5 Å². The van der Waals surface area contributed by atoms with Gasteiger partial charge >= 0.3 is 6.15 Å². The Hall–Kier alpha value is -3.38. The third-order valence-corrected chi connectivity index (χ3v) is 7.19. The smallest absolute Gasteiger partial charge is 0.336 e. The molecule has 2 fully saturated rings. The second-order valence-electron chi connectivity index (χ2n) is 9.45. The van der Waals surface area contributed by atoms with Crippen molar-refractivity contribution in [2.75, 3.05) is 26.4 Å². The second-order valence-corrected chi connectivity index (χ2v) is 9.45. The van der Waals surface area contributed by atoms with Crippen molar-refractivity contribution in [2.45, 2.75) is 45.7 Å². The molecule has 0 saturated carbocycles. The van der Waals surface area contributed by atoms with Crippen LogP contribution in [0.1, 0.15) is 56.8 Å². The lowest BCUT2D eigenvalue weighted by Gasteiger charge is -2.25. The molecule has 2 saturated heterocycles. The quantitative estimate of drug-likeness (QED) is 0.510. The zero-order chi connectivity index (χ0) is 27.4. The van der Waals surface area contributed by atoms with E-state index in [1.54, 1.807) is 4.90 Å². The number of hydrogen-bond donors (Lipinski definition) is 0. The maximum absolute atomic E-state index is 13.0. The van der Waals surface area contributed by atoms with E-state index in [9.17, 15) is 18.4 Å². The maximum Gasteiger partial charge on any atom is 0.373 e. The highest BCUT2D eigenvalue weighted by atomic mass is 19.1. The van der Waals surface area contributed by atoms with Gasteiger partial charge in [0.1, 0.15) is 0 Å². The van der Waals surface area contributed by atoms with Crippen LogP contribution in [0.5, 0.6) is 0 Å². The first-order chi connectivity index (χ1) is 17.8. The van der Waals surface area contributed by atoms with Crippen LogP contribution in [-0.4, -0.2) is 54.2 Å². The number of carbonyl (C=O) groups excluding carboxylic acids is 4. The van der Waals surface area contributed by atoms with E-state index >= 15 is 0 Å². The fourth-order valence-corrected chi connectivity index (χ4v) is 5.01. The van der Waals surface area contributed by atoms with E-state index in [2.05, 4.69) is 0 Å². The number of likely N-dealkylation sites (tertiary alicyclic amines) is 2. The first-order valence-electron chi connectivity index (χ1n) is 12.6. The zero-order valence-electron chi connectivity index (χ0n) is 21.7. The number of amides is 2. The molecule has 2 aromatic rings. The monoisotopic (exact) mass is 514 g/mol. The van der Waals surface area contributed by atoms with Gasteiger partial charge < -0.3 is 9.80 Å². The molecule has 0 aliphatic carbocycles. The third-order valence-electron chi connectivity index (χ3n) is 7.19. The van der Waals surface area contributed by atoms with Crippen LogP contribution in [0.15, 0.2) is 60.7 Å². The first-order valence-corrected chi connectivity index (χ1v) is 12.6. The van der Waals surface area contributed by atoms with Crippen molar-refractivity contribution in [1.82, 2.24) is 9.80 Å². The van der Waals surface area contributed by atoms with Crippen molar-refractivity contribution < 1.29 is 28.0 Å². The van der Waals surface area contributed by atoms with E-state index in [1.807, 2.05) is 86.3 Å². The molecule has 6 nitrogen and oxygen atoms in total. The van der Waals surface area contributed by atoms with Gasteiger partial charge in [0.15, 0.2) is 0 Å². The molecule has 2 amide bonds. The van der Waals surface area contributed by atoms with Crippen molar-refractivity contribution in [3.8, 4) is 0 Å². The van der Waals surface area contributed by atoms with E-state index in [1.165, 1.54) is 0 Å². The number of hydrogen-bond acceptors (Lipinski definition) is 4. The SMILES string of the molecule is CC[C@H]1C(=O)N([C@H](C)c2ccccc2)C[C@@H]1CF.C[C@H](c1ccccc1)N1C[C@H](CF)CC1=O.O=C=O. The number of nitrogens with zero attached hydrogens (tertiary/aromatic N) is 2. The highest BCUT2D eigenvalue weighted by molar-refractivity contribution is 5.82. The van der Waals surface area contributed by atoms with Crippen LogP contribution in [0, 0.1) is 17.8 Å². The minimum Gasteiger partial charge on any atom is -0.336 e. The molecule has 0 bridgehead atoms. The highest BCUT2D eigenvalue weighted by Gasteiger charge is 2.41. The molecule has 0 spiro atoms. The minimum absolute atomic E-state index is 0.0318. The van der Waals surface area contributed by atoms with Crippen molar-refractivity contribution >= 4 is 18.0 Å². The Balaban J connectivity index is 0.000000237. The van der Waals surface area contributed by atoms with Gasteiger partial charge in [-0.2, -0.15) is 9.59 Å². The summed E-state index contributed by atoms with van der Waals surface area (Å²) in [5, 5.41) is 0. The lowest BCUT2D eigenvalue weighted by molar-refractivity contribution is -0.191. The summed E-state index contributed by atoms with van der Waals surface area (Å²) in [6.07, 6.45) is 1.33. The molecule has 2 aliphatic rings. The summed E-state index contributed by atoms with van der Waals surface area (Å²) in [5.74, 6) is -0.205. The van der Waals surface area contributed by atoms with Crippen molar-refractivity contribution in [3.63, 3.8) is 0 Å². The summed E-state index contributed by atoms with van der Waals surface area (Å²) >= 11 is 0. The molecule has 4 rings (SSSR count). The predicted octanol–water partition coefficient (Wildman–Crippen LogP) is 5.18. The molecule has 8 heteroatoms. The predicted molar refractivity (Wildman–Crippen MR) is 135 cm³/mol. The third kappa shape index (κ3) is 7.80. The summed E-state index contributed by atoms with van der Waals surface area (Å²) < 4.78 is 25.5. The van der Waals surface area contributed by atoms with Crippen LogP contribution >= 0.6 is 0 Å². The zero-order valence-corrected chi connectivity index (χ0v) is 21.7. The van der Waals surface area contributed by atoms with Gasteiger partial charge in [0, 0.05) is 37.3 Å². The van der Waals surface area contributed by atoms with Crippen LogP contribution in [0.2, 0.25) is 0 Å². The molecule has 2 aromatic carbocycles. The average molecular weight is 515 g/mol. The van der Waals surface area contributed by atoms with Crippen LogP contribution in [0.25, 0.3) is 0 Å². The van der Waals surface area contributed by atoms with Crippen LogP contribution < -0.4 is 0 Å². The highest BCUT2D eigenvalue weighted by Crippen LogP contribution is 2.34. The van der Waals surface area contributed by atoms with E-state index < -0.39 is 13.3 Å². The minimum atomic E-state index is -0.401. The molecule has 5 atom stereocenters. The maximum atomic E-state index is 13.0. The molecule has 0 N–H and O–H groups in total. The molecule has 2 heterocycles. The number of carbonyl (C=O) groups is 2. The normalized spacial score (nSPS) is 22.4. The molecule has 200 valence electrons. The van der Waals surface area contributed by atoms with Gasteiger partial charge in [-0.25, -0.2) is 0 Å². The Labute approximate surface area is 217 Å². The number of rotatable bonds is 7. The van der Waals surface area contributed by atoms with Crippen LogP contribution in [0.3, 0.4) is 0 Å². The fourth-order valence-electron chi connectivity index (χ4n) is 5.01. The number of alkyl halides is 2. The fraction of sp³-hybridized carbons (Fsp3) is 0.483. The summed E-state index contributed by atoms with van der Waals surface area (Å²) in [6.45, 7) is 6.26. The Bertz CT molecular complexity index is 1020. The van der Waals surface area contributed by atoms with Gasteiger partial charge in [0.05, 0.1) is 25.4 Å². The Morgan fingerprint density at radius 3 is 1.70 bits per heavy atom. The van der Waals surface area contributed by atoms with Crippen LogP contribution in [-0.2, 0) is 19.2 Å². The summed E-state index contributed by atoms with van der Waals surface area (Å²) in [6, 6.07) is 19.9. The summed E-state index contributed by atoms with van der Waals surface area (Å²) in [5.41, 5.74) is 2.22. The Morgan fingerprint density at radius 2 is 1.32 bits per heavy atom. The Kier molecular flexibility index (Phi) is 12.1. The van der Waals surface area contributed by atoms with Crippen molar-refractivity contribution in [1.29, 1.82) is 0 Å². The molecule has 37 heavy (non-hydrogen) atoms. The summed E-state index contributed by atoms with van der Waals surface area (Å²) in [7, 11) is 0. The van der Waals surface area contributed by atoms with E-state index in [4.69, 9.17) is 9.59 Å². The van der Waals surface area contributed by atoms with Gasteiger partial charge in [-0.15, -0.1) is 0 Å². The van der Waals surface area contributed by atoms with Crippen molar-refractivity contribution in [3.05, 3.63) is 71.8 Å². The van der Waals surface area contributed by atoms with Gasteiger partial charge in [0.25, 0.3) is 0 Å². The number of benzene rings is 2. The van der Waals surface area contributed by atoms with Gasteiger partial charge in [-0.1, -0.05) is 67.6 Å². The van der Waals surface area contributed by atoms with E-state index in [-0.39, 0.29) is 47.8 Å². The molecule has 0 unspecified atom stereocenters. The van der Waals surface area contributed by atoms with Gasteiger partial charge in [-0.05, 0) is 31.4 Å². The number of halogens is 2. The summed E-state index contributed by atoms with van der Waals surface area (Å²) in [4.78, 5) is 43.9. The largest absolute Gasteiger partial charge is 0.373 e. The molecular formula is C29H36F2N2O4. The van der Waals surface area contributed by atoms with Gasteiger partial charge in [-0.3, -0.25) is 18.4 Å². The molecule has 0 radical (unpaired) electrons. The second kappa shape index (κ2) is 15.0. The molecular weight excluding hydrogens is 478 g/mol. The lowest BCUT2D eigenvalue weighted by atomic mass is 9.94. The Morgan fingerprint density at radius 1 is 0.838 bits per heavy atom. The molecule has 2 aliphatic heterocycles. The standard InChI is InChI=1S/C15H20FNO.C13H16FNO.CO2/c1-3-14-13(9-16)10-17(15(14)18)11(2)12-7-5-4-6-8-12;1-10(12-5-3-2-4-6-12)15-9-11(8-14)7-13(15)16;2-1-3/h4-8,11,13-14H,3,9-10H2,1-2H3;2-6,10-11H,7-9H2,1H3;/t11-,13+,14-;10-,11+;/m11./s1. The van der Waals surface area contributed by atoms with Crippen molar-refractivity contribution in [2.24, 2.45) is 17.8 Å². The van der Waals surface area contributed by atoms with Crippen LogP contribution in [0.4, 0.5) is 8.78 Å². The topological polar surface area (TPSA) is 74.8 Å². The molecule has 0 aromatic heterocycles. The first kappa shape index (κ1) is 29.8.